The van der Waals surface area contributed by atoms with Crippen LogP contribution in [0.4, 0.5) is 0 Å². The van der Waals surface area contributed by atoms with Gasteiger partial charge in [0.1, 0.15) is 0 Å². The molecule has 1 aromatic heterocycles. The second-order valence-electron chi connectivity index (χ2n) is 7.59. The van der Waals surface area contributed by atoms with Gasteiger partial charge >= 0.3 is 0 Å². The average molecular weight is 345 g/mol. The standard InChI is InChI=1S/C22H23N3O/c26-21(18-5-3-7-20-17(18)8-11-24-20)25-14-16-4-1-2-6-19(16)22(15-25)9-12-23-13-10-22/h1-8,11,23-24H,9-10,12-15H2. The molecule has 2 N–H and O–H groups in total. The van der Waals surface area contributed by atoms with Gasteiger partial charge in [0.15, 0.2) is 0 Å². The van der Waals surface area contributed by atoms with E-state index in [4.69, 9.17) is 0 Å². The summed E-state index contributed by atoms with van der Waals surface area (Å²) in [4.78, 5) is 18.7. The van der Waals surface area contributed by atoms with E-state index >= 15 is 0 Å². The maximum Gasteiger partial charge on any atom is 0.254 e. The summed E-state index contributed by atoms with van der Waals surface area (Å²) in [7, 11) is 0. The summed E-state index contributed by atoms with van der Waals surface area (Å²) in [5, 5.41) is 4.49. The zero-order chi connectivity index (χ0) is 17.6. The van der Waals surface area contributed by atoms with Gasteiger partial charge in [0, 0.05) is 41.2 Å². The number of aromatic nitrogens is 1. The van der Waals surface area contributed by atoms with Crippen molar-refractivity contribution in [1.82, 2.24) is 15.2 Å². The molecule has 3 aromatic rings. The Hall–Kier alpha value is -2.59. The van der Waals surface area contributed by atoms with E-state index in [9.17, 15) is 4.79 Å². The van der Waals surface area contributed by atoms with E-state index in [0.29, 0.717) is 6.54 Å². The smallest absolute Gasteiger partial charge is 0.254 e. The first-order valence-electron chi connectivity index (χ1n) is 9.41. The van der Waals surface area contributed by atoms with E-state index in [1.54, 1.807) is 0 Å². The highest BCUT2D eigenvalue weighted by Gasteiger charge is 2.41. The van der Waals surface area contributed by atoms with E-state index in [1.165, 1.54) is 11.1 Å². The molecule has 1 saturated heterocycles. The third kappa shape index (κ3) is 2.36. The van der Waals surface area contributed by atoms with Crippen molar-refractivity contribution < 1.29 is 4.79 Å². The van der Waals surface area contributed by atoms with E-state index in [1.807, 2.05) is 30.5 Å². The molecule has 4 heteroatoms. The van der Waals surface area contributed by atoms with Crippen molar-refractivity contribution in [2.45, 2.75) is 24.8 Å². The molecule has 1 spiro atoms. The van der Waals surface area contributed by atoms with Gasteiger partial charge in [-0.25, -0.2) is 0 Å². The lowest BCUT2D eigenvalue weighted by molar-refractivity contribution is 0.0644. The maximum atomic E-state index is 13.4. The fraction of sp³-hybridized carbons (Fsp3) is 0.318. The fourth-order valence-electron chi connectivity index (χ4n) is 4.81. The average Bonchev–Trinajstić information content (AvgIpc) is 3.17. The SMILES string of the molecule is O=C(c1cccc2[nH]ccc12)N1Cc2ccccc2C2(CCNCC2)C1. The molecule has 1 fully saturated rings. The number of H-pyrrole nitrogens is 1. The highest BCUT2D eigenvalue weighted by molar-refractivity contribution is 6.06. The molecule has 2 aliphatic rings. The van der Waals surface area contributed by atoms with E-state index in [0.717, 1.165) is 48.9 Å². The molecule has 0 radical (unpaired) electrons. The van der Waals surface area contributed by atoms with Crippen LogP contribution in [0.1, 0.15) is 34.3 Å². The molecule has 2 aromatic carbocycles. The molecule has 5 rings (SSSR count). The summed E-state index contributed by atoms with van der Waals surface area (Å²) in [6, 6.07) is 16.6. The van der Waals surface area contributed by atoms with E-state index in [-0.39, 0.29) is 11.3 Å². The highest BCUT2D eigenvalue weighted by Crippen LogP contribution is 2.41. The summed E-state index contributed by atoms with van der Waals surface area (Å²) in [5.41, 5.74) is 4.65. The van der Waals surface area contributed by atoms with Crippen LogP contribution in [0, 0.1) is 0 Å². The zero-order valence-corrected chi connectivity index (χ0v) is 14.8. The number of hydrogen-bond donors (Lipinski definition) is 2. The minimum absolute atomic E-state index is 0.0851. The molecule has 2 aliphatic heterocycles. The number of nitrogens with zero attached hydrogens (tertiary/aromatic N) is 1. The maximum absolute atomic E-state index is 13.4. The summed E-state index contributed by atoms with van der Waals surface area (Å²) < 4.78 is 0. The summed E-state index contributed by atoms with van der Waals surface area (Å²) >= 11 is 0. The van der Waals surface area contributed by atoms with Gasteiger partial charge in [0.05, 0.1) is 0 Å². The Labute approximate surface area is 153 Å². The van der Waals surface area contributed by atoms with E-state index < -0.39 is 0 Å². The Morgan fingerprint density at radius 2 is 1.85 bits per heavy atom. The van der Waals surface area contributed by atoms with Gasteiger partial charge in [-0.3, -0.25) is 4.79 Å². The third-order valence-corrected chi connectivity index (χ3v) is 6.12. The molecular weight excluding hydrogens is 322 g/mol. The van der Waals surface area contributed by atoms with Crippen LogP contribution in [0.15, 0.2) is 54.7 Å². The quantitative estimate of drug-likeness (QED) is 0.710. The Morgan fingerprint density at radius 3 is 2.73 bits per heavy atom. The minimum Gasteiger partial charge on any atom is -0.361 e. The number of rotatable bonds is 1. The van der Waals surface area contributed by atoms with Gasteiger partial charge in [-0.15, -0.1) is 0 Å². The molecule has 0 unspecified atom stereocenters. The lowest BCUT2D eigenvalue weighted by atomic mass is 9.69. The van der Waals surface area contributed by atoms with Crippen LogP contribution in [-0.4, -0.2) is 35.4 Å². The Balaban J connectivity index is 1.56. The van der Waals surface area contributed by atoms with Gasteiger partial charge in [-0.2, -0.15) is 0 Å². The largest absolute Gasteiger partial charge is 0.361 e. The first kappa shape index (κ1) is 15.6. The molecule has 0 atom stereocenters. The van der Waals surface area contributed by atoms with Gasteiger partial charge in [0.25, 0.3) is 5.91 Å². The van der Waals surface area contributed by atoms with Crippen molar-refractivity contribution in [3.63, 3.8) is 0 Å². The predicted octanol–water partition coefficient (Wildman–Crippen LogP) is 3.45. The number of hydrogen-bond acceptors (Lipinski definition) is 2. The monoisotopic (exact) mass is 345 g/mol. The Bertz CT molecular complexity index is 968. The van der Waals surface area contributed by atoms with Crippen molar-refractivity contribution in [3.05, 3.63) is 71.4 Å². The van der Waals surface area contributed by atoms with Crippen LogP contribution in [-0.2, 0) is 12.0 Å². The number of benzene rings is 2. The fourth-order valence-corrected chi connectivity index (χ4v) is 4.81. The molecule has 0 saturated carbocycles. The summed E-state index contributed by atoms with van der Waals surface area (Å²) in [5.74, 6) is 0.141. The lowest BCUT2D eigenvalue weighted by Gasteiger charge is -2.46. The van der Waals surface area contributed by atoms with Crippen molar-refractivity contribution in [1.29, 1.82) is 0 Å². The molecule has 0 bridgehead atoms. The number of aromatic amines is 1. The Morgan fingerprint density at radius 1 is 1.00 bits per heavy atom. The number of amides is 1. The van der Waals surface area contributed by atoms with Crippen LogP contribution in [0.25, 0.3) is 10.9 Å². The normalized spacial score (nSPS) is 18.8. The summed E-state index contributed by atoms with van der Waals surface area (Å²) in [6.07, 6.45) is 4.07. The van der Waals surface area contributed by atoms with Crippen LogP contribution < -0.4 is 5.32 Å². The highest BCUT2D eigenvalue weighted by atomic mass is 16.2. The van der Waals surface area contributed by atoms with Gasteiger partial charge in [-0.1, -0.05) is 30.3 Å². The second kappa shape index (κ2) is 5.99. The first-order chi connectivity index (χ1) is 12.8. The second-order valence-corrected chi connectivity index (χ2v) is 7.59. The van der Waals surface area contributed by atoms with Crippen LogP contribution in [0.3, 0.4) is 0 Å². The van der Waals surface area contributed by atoms with Gasteiger partial charge in [-0.05, 0) is 55.3 Å². The van der Waals surface area contributed by atoms with Crippen molar-refractivity contribution in [3.8, 4) is 0 Å². The van der Waals surface area contributed by atoms with Crippen LogP contribution in [0.2, 0.25) is 0 Å². The van der Waals surface area contributed by atoms with E-state index in [2.05, 4.69) is 39.5 Å². The van der Waals surface area contributed by atoms with Crippen LogP contribution in [0.5, 0.6) is 0 Å². The molecule has 1 amide bonds. The predicted molar refractivity (Wildman–Crippen MR) is 103 cm³/mol. The van der Waals surface area contributed by atoms with Gasteiger partial charge < -0.3 is 15.2 Å². The number of fused-ring (bicyclic) bond motifs is 3. The molecule has 26 heavy (non-hydrogen) atoms. The number of carbonyl (C=O) groups excluding carboxylic acids is 1. The lowest BCUT2D eigenvalue weighted by Crippen LogP contribution is -2.52. The number of piperidine rings is 1. The zero-order valence-electron chi connectivity index (χ0n) is 14.8. The van der Waals surface area contributed by atoms with Crippen molar-refractivity contribution in [2.75, 3.05) is 19.6 Å². The summed E-state index contributed by atoms with van der Waals surface area (Å²) in [6.45, 7) is 3.55. The van der Waals surface area contributed by atoms with Crippen molar-refractivity contribution in [2.24, 2.45) is 0 Å². The Kier molecular flexibility index (Phi) is 3.61. The molecule has 3 heterocycles. The third-order valence-electron chi connectivity index (χ3n) is 6.12. The minimum atomic E-state index is 0.0851. The molecule has 4 nitrogen and oxygen atoms in total. The van der Waals surface area contributed by atoms with Crippen molar-refractivity contribution >= 4 is 16.8 Å². The first-order valence-corrected chi connectivity index (χ1v) is 9.41. The topological polar surface area (TPSA) is 48.1 Å². The molecule has 0 aliphatic carbocycles. The molecular formula is C22H23N3O. The molecule has 132 valence electrons. The number of nitrogens with one attached hydrogen (secondary N) is 2. The number of carbonyl (C=O) groups is 1. The van der Waals surface area contributed by atoms with Gasteiger partial charge in [0.2, 0.25) is 0 Å². The van der Waals surface area contributed by atoms with Crippen LogP contribution >= 0.6 is 0 Å².